The van der Waals surface area contributed by atoms with E-state index in [-0.39, 0.29) is 0 Å². The molecule has 0 aliphatic heterocycles. The molecule has 22 heavy (non-hydrogen) atoms. The quantitative estimate of drug-likeness (QED) is 0.634. The number of aromatic nitrogens is 1. The van der Waals surface area contributed by atoms with Gasteiger partial charge in [-0.05, 0) is 43.2 Å². The van der Waals surface area contributed by atoms with E-state index in [2.05, 4.69) is 36.4 Å². The first-order valence-corrected chi connectivity index (χ1v) is 8.02. The van der Waals surface area contributed by atoms with Gasteiger partial charge >= 0.3 is 0 Å². The number of allylic oxidation sites excluding steroid dienone is 1. The topological polar surface area (TPSA) is 30.4 Å². The van der Waals surface area contributed by atoms with Gasteiger partial charge in [-0.25, -0.2) is 4.99 Å². The summed E-state index contributed by atoms with van der Waals surface area (Å²) < 4.78 is 7.65. The molecular formula is C18H18N2OS. The SMILES string of the molecule is C=CCn1c(-c2ccco2)csc1=Nc1cccc(C)c1C. The Bertz CT molecular complexity index is 854. The van der Waals surface area contributed by atoms with Crippen molar-refractivity contribution in [3.63, 3.8) is 0 Å². The van der Waals surface area contributed by atoms with Crippen LogP contribution >= 0.6 is 11.3 Å². The van der Waals surface area contributed by atoms with Gasteiger partial charge in [-0.3, -0.25) is 0 Å². The minimum absolute atomic E-state index is 0.698. The number of benzene rings is 1. The fourth-order valence-corrected chi connectivity index (χ4v) is 3.22. The Labute approximate surface area is 133 Å². The molecule has 0 aliphatic rings. The van der Waals surface area contributed by atoms with E-state index in [1.807, 2.05) is 30.3 Å². The molecule has 4 heteroatoms. The van der Waals surface area contributed by atoms with Crippen molar-refractivity contribution < 1.29 is 4.42 Å². The van der Waals surface area contributed by atoms with Crippen molar-refractivity contribution in [2.24, 2.45) is 4.99 Å². The van der Waals surface area contributed by atoms with Crippen LogP contribution < -0.4 is 4.80 Å². The van der Waals surface area contributed by atoms with Gasteiger partial charge in [-0.1, -0.05) is 18.2 Å². The monoisotopic (exact) mass is 310 g/mol. The zero-order chi connectivity index (χ0) is 15.5. The van der Waals surface area contributed by atoms with Gasteiger partial charge in [0.1, 0.15) is 0 Å². The van der Waals surface area contributed by atoms with Crippen LogP contribution in [0, 0.1) is 13.8 Å². The highest BCUT2D eigenvalue weighted by Crippen LogP contribution is 2.23. The minimum Gasteiger partial charge on any atom is -0.463 e. The predicted octanol–water partition coefficient (Wildman–Crippen LogP) is 4.84. The summed E-state index contributed by atoms with van der Waals surface area (Å²) in [5.74, 6) is 0.848. The highest BCUT2D eigenvalue weighted by atomic mass is 32.1. The van der Waals surface area contributed by atoms with E-state index < -0.39 is 0 Å². The Balaban J connectivity index is 2.17. The van der Waals surface area contributed by atoms with Crippen LogP contribution in [0.15, 0.2) is 64.0 Å². The Morgan fingerprint density at radius 3 is 2.86 bits per heavy atom. The molecule has 0 aliphatic carbocycles. The van der Waals surface area contributed by atoms with E-state index >= 15 is 0 Å². The average molecular weight is 310 g/mol. The van der Waals surface area contributed by atoms with Gasteiger partial charge < -0.3 is 8.98 Å². The van der Waals surface area contributed by atoms with E-state index in [9.17, 15) is 0 Å². The van der Waals surface area contributed by atoms with Crippen molar-refractivity contribution in [3.05, 3.63) is 70.6 Å². The van der Waals surface area contributed by atoms with Crippen LogP contribution in [0.1, 0.15) is 11.1 Å². The number of hydrogen-bond acceptors (Lipinski definition) is 3. The lowest BCUT2D eigenvalue weighted by Crippen LogP contribution is -2.14. The van der Waals surface area contributed by atoms with Crippen molar-refractivity contribution in [2.75, 3.05) is 0 Å². The smallest absolute Gasteiger partial charge is 0.190 e. The van der Waals surface area contributed by atoms with Gasteiger partial charge in [0.2, 0.25) is 0 Å². The molecule has 0 radical (unpaired) electrons. The first kappa shape index (κ1) is 14.6. The molecule has 3 rings (SSSR count). The first-order chi connectivity index (χ1) is 10.7. The second-order valence-corrected chi connectivity index (χ2v) is 5.95. The second-order valence-electron chi connectivity index (χ2n) is 5.11. The molecule has 0 saturated heterocycles. The number of hydrogen-bond donors (Lipinski definition) is 0. The highest BCUT2D eigenvalue weighted by molar-refractivity contribution is 7.07. The Kier molecular flexibility index (Phi) is 4.11. The molecule has 0 amide bonds. The molecule has 0 atom stereocenters. The fourth-order valence-electron chi connectivity index (χ4n) is 2.31. The maximum atomic E-state index is 5.52. The van der Waals surface area contributed by atoms with Crippen molar-refractivity contribution in [1.29, 1.82) is 0 Å². The van der Waals surface area contributed by atoms with Crippen LogP contribution in [0.5, 0.6) is 0 Å². The van der Waals surface area contributed by atoms with Crippen molar-refractivity contribution in [2.45, 2.75) is 20.4 Å². The Hall–Kier alpha value is -2.33. The van der Waals surface area contributed by atoms with Crippen LogP contribution in [0.2, 0.25) is 0 Å². The summed E-state index contributed by atoms with van der Waals surface area (Å²) in [5, 5.41) is 2.08. The first-order valence-electron chi connectivity index (χ1n) is 7.14. The standard InChI is InChI=1S/C18H18N2OS/c1-4-10-20-16(17-9-6-11-21-17)12-22-18(20)19-15-8-5-7-13(2)14(15)3/h4-9,11-12H,1,10H2,2-3H3. The zero-order valence-corrected chi connectivity index (χ0v) is 13.6. The lowest BCUT2D eigenvalue weighted by atomic mass is 10.1. The van der Waals surface area contributed by atoms with Crippen molar-refractivity contribution in [1.82, 2.24) is 4.57 Å². The summed E-state index contributed by atoms with van der Waals surface area (Å²) in [6, 6.07) is 10.1. The maximum absolute atomic E-state index is 5.52. The number of nitrogens with zero attached hydrogens (tertiary/aromatic N) is 2. The molecular weight excluding hydrogens is 292 g/mol. The van der Waals surface area contributed by atoms with Gasteiger partial charge in [-0.15, -0.1) is 17.9 Å². The summed E-state index contributed by atoms with van der Waals surface area (Å²) in [4.78, 5) is 5.79. The molecule has 0 fully saturated rings. The molecule has 0 spiro atoms. The van der Waals surface area contributed by atoms with Gasteiger partial charge in [0.25, 0.3) is 0 Å². The molecule has 2 heterocycles. The third kappa shape index (κ3) is 2.70. The molecule has 0 bridgehead atoms. The van der Waals surface area contributed by atoms with Gasteiger partial charge in [0.15, 0.2) is 10.6 Å². The lowest BCUT2D eigenvalue weighted by molar-refractivity contribution is 0.574. The number of rotatable bonds is 4. The minimum atomic E-state index is 0.698. The number of thiazole rings is 1. The molecule has 3 nitrogen and oxygen atoms in total. The fraction of sp³-hybridized carbons (Fsp3) is 0.167. The van der Waals surface area contributed by atoms with E-state index in [0.717, 1.165) is 21.9 Å². The lowest BCUT2D eigenvalue weighted by Gasteiger charge is -2.05. The van der Waals surface area contributed by atoms with E-state index in [4.69, 9.17) is 9.41 Å². The Morgan fingerprint density at radius 1 is 1.27 bits per heavy atom. The normalized spacial score (nSPS) is 11.8. The van der Waals surface area contributed by atoms with Crippen molar-refractivity contribution in [3.8, 4) is 11.5 Å². The van der Waals surface area contributed by atoms with Crippen LogP contribution in [0.4, 0.5) is 5.69 Å². The highest BCUT2D eigenvalue weighted by Gasteiger charge is 2.09. The van der Waals surface area contributed by atoms with E-state index in [0.29, 0.717) is 6.54 Å². The van der Waals surface area contributed by atoms with Gasteiger partial charge in [0, 0.05) is 11.9 Å². The Morgan fingerprint density at radius 2 is 2.14 bits per heavy atom. The molecule has 112 valence electrons. The third-order valence-corrected chi connectivity index (χ3v) is 4.54. The predicted molar refractivity (Wildman–Crippen MR) is 91.3 cm³/mol. The number of aryl methyl sites for hydroxylation is 1. The largest absolute Gasteiger partial charge is 0.463 e. The molecule has 0 saturated carbocycles. The molecule has 2 aromatic heterocycles. The summed E-state index contributed by atoms with van der Waals surface area (Å²) in [6.45, 7) is 8.76. The van der Waals surface area contributed by atoms with Gasteiger partial charge in [0.05, 0.1) is 17.6 Å². The molecule has 0 N–H and O–H groups in total. The summed E-state index contributed by atoms with van der Waals surface area (Å²) in [5.41, 5.74) is 4.49. The molecule has 1 aromatic carbocycles. The summed E-state index contributed by atoms with van der Waals surface area (Å²) in [6.07, 6.45) is 3.56. The van der Waals surface area contributed by atoms with Crippen LogP contribution in [0.25, 0.3) is 11.5 Å². The van der Waals surface area contributed by atoms with E-state index in [1.54, 1.807) is 17.6 Å². The van der Waals surface area contributed by atoms with Crippen molar-refractivity contribution >= 4 is 17.0 Å². The van der Waals surface area contributed by atoms with E-state index in [1.165, 1.54) is 11.1 Å². The zero-order valence-electron chi connectivity index (χ0n) is 12.7. The maximum Gasteiger partial charge on any atom is 0.190 e. The third-order valence-electron chi connectivity index (χ3n) is 3.68. The summed E-state index contributed by atoms with van der Waals surface area (Å²) >= 11 is 1.61. The summed E-state index contributed by atoms with van der Waals surface area (Å²) in [7, 11) is 0. The number of furan rings is 1. The van der Waals surface area contributed by atoms with Gasteiger partial charge in [-0.2, -0.15) is 0 Å². The second kappa shape index (κ2) is 6.20. The van der Waals surface area contributed by atoms with Crippen LogP contribution in [-0.2, 0) is 6.54 Å². The van der Waals surface area contributed by atoms with Crippen LogP contribution in [-0.4, -0.2) is 4.57 Å². The van der Waals surface area contributed by atoms with Crippen LogP contribution in [0.3, 0.4) is 0 Å². The average Bonchev–Trinajstić information content (AvgIpc) is 3.15. The molecule has 0 unspecified atom stereocenters. The molecule has 3 aromatic rings.